The minimum absolute atomic E-state index is 0.0993. The molecule has 0 aliphatic rings. The standard InChI is InChI=1S/C19H23N5O/c1-13-17-15(19(25)21-11-7-6-10-20)12-16(14-8-4-3-5-9-14)22-18(17)24(2)23-13/h3-5,8-9,12H,6-7,10-11,20H2,1-2H3,(H,21,25). The number of amides is 1. The van der Waals surface area contributed by atoms with Gasteiger partial charge in [-0.1, -0.05) is 30.3 Å². The SMILES string of the molecule is Cc1nn(C)c2nc(-c3ccccc3)cc(C(=O)NCCCCN)c12. The molecule has 2 aromatic heterocycles. The molecule has 2 heterocycles. The van der Waals surface area contributed by atoms with Gasteiger partial charge in [0.1, 0.15) is 0 Å². The number of hydrogen-bond acceptors (Lipinski definition) is 4. The molecule has 6 nitrogen and oxygen atoms in total. The predicted molar refractivity (Wildman–Crippen MR) is 99.3 cm³/mol. The van der Waals surface area contributed by atoms with Gasteiger partial charge in [0.15, 0.2) is 5.65 Å². The largest absolute Gasteiger partial charge is 0.352 e. The van der Waals surface area contributed by atoms with Crippen LogP contribution in [0.2, 0.25) is 0 Å². The van der Waals surface area contributed by atoms with Crippen LogP contribution in [0.4, 0.5) is 0 Å². The minimum atomic E-state index is -0.0993. The number of nitrogens with one attached hydrogen (secondary N) is 1. The summed E-state index contributed by atoms with van der Waals surface area (Å²) in [5.74, 6) is -0.0993. The van der Waals surface area contributed by atoms with Gasteiger partial charge in [-0.3, -0.25) is 9.48 Å². The number of benzene rings is 1. The molecular formula is C19H23N5O. The summed E-state index contributed by atoms with van der Waals surface area (Å²) < 4.78 is 1.72. The number of nitrogens with zero attached hydrogens (tertiary/aromatic N) is 3. The first kappa shape index (κ1) is 17.1. The molecule has 0 fully saturated rings. The molecule has 0 bridgehead atoms. The van der Waals surface area contributed by atoms with Crippen LogP contribution in [0.3, 0.4) is 0 Å². The van der Waals surface area contributed by atoms with E-state index in [1.54, 1.807) is 4.68 Å². The fourth-order valence-corrected chi connectivity index (χ4v) is 2.95. The molecule has 1 amide bonds. The first-order valence-electron chi connectivity index (χ1n) is 8.50. The third-order valence-corrected chi connectivity index (χ3v) is 4.20. The van der Waals surface area contributed by atoms with Crippen molar-refractivity contribution >= 4 is 16.9 Å². The number of carbonyl (C=O) groups is 1. The molecule has 0 aliphatic heterocycles. The summed E-state index contributed by atoms with van der Waals surface area (Å²) in [6, 6.07) is 11.7. The first-order valence-corrected chi connectivity index (χ1v) is 8.50. The van der Waals surface area contributed by atoms with Crippen LogP contribution in [0.25, 0.3) is 22.3 Å². The van der Waals surface area contributed by atoms with E-state index in [0.717, 1.165) is 35.2 Å². The number of pyridine rings is 1. The van der Waals surface area contributed by atoms with Crippen LogP contribution in [0.1, 0.15) is 28.9 Å². The van der Waals surface area contributed by atoms with Crippen molar-refractivity contribution in [1.29, 1.82) is 0 Å². The van der Waals surface area contributed by atoms with Crippen LogP contribution in [-0.4, -0.2) is 33.8 Å². The van der Waals surface area contributed by atoms with E-state index in [4.69, 9.17) is 10.7 Å². The summed E-state index contributed by atoms with van der Waals surface area (Å²) in [5, 5.41) is 8.22. The zero-order valence-electron chi connectivity index (χ0n) is 14.6. The van der Waals surface area contributed by atoms with E-state index in [0.29, 0.717) is 24.3 Å². The van der Waals surface area contributed by atoms with Crippen molar-refractivity contribution < 1.29 is 4.79 Å². The third-order valence-electron chi connectivity index (χ3n) is 4.20. The van der Waals surface area contributed by atoms with E-state index in [-0.39, 0.29) is 5.91 Å². The first-order chi connectivity index (χ1) is 12.1. The van der Waals surface area contributed by atoms with Gasteiger partial charge in [0.2, 0.25) is 0 Å². The predicted octanol–water partition coefficient (Wildman–Crippen LogP) is 2.41. The summed E-state index contributed by atoms with van der Waals surface area (Å²) in [6.07, 6.45) is 1.77. The van der Waals surface area contributed by atoms with E-state index in [9.17, 15) is 4.79 Å². The summed E-state index contributed by atoms with van der Waals surface area (Å²) in [6.45, 7) is 3.15. The summed E-state index contributed by atoms with van der Waals surface area (Å²) in [5.41, 5.74) is 9.37. The molecule has 3 aromatic rings. The second-order valence-electron chi connectivity index (χ2n) is 6.08. The van der Waals surface area contributed by atoms with Crippen LogP contribution in [0, 0.1) is 6.92 Å². The lowest BCUT2D eigenvalue weighted by molar-refractivity contribution is 0.0954. The van der Waals surface area contributed by atoms with Crippen LogP contribution in [0.15, 0.2) is 36.4 Å². The highest BCUT2D eigenvalue weighted by Gasteiger charge is 2.18. The van der Waals surface area contributed by atoms with Gasteiger partial charge in [-0.2, -0.15) is 5.10 Å². The highest BCUT2D eigenvalue weighted by atomic mass is 16.1. The number of carbonyl (C=O) groups excluding carboxylic acids is 1. The minimum Gasteiger partial charge on any atom is -0.352 e. The molecule has 0 spiro atoms. The average Bonchev–Trinajstić information content (AvgIpc) is 2.93. The normalized spacial score (nSPS) is 11.0. The highest BCUT2D eigenvalue weighted by molar-refractivity contribution is 6.07. The number of unbranched alkanes of at least 4 members (excludes halogenated alkanes) is 1. The molecule has 130 valence electrons. The zero-order chi connectivity index (χ0) is 17.8. The Morgan fingerprint density at radius 3 is 2.72 bits per heavy atom. The molecule has 0 radical (unpaired) electrons. The van der Waals surface area contributed by atoms with Gasteiger partial charge in [-0.25, -0.2) is 4.98 Å². The molecule has 1 aromatic carbocycles. The lowest BCUT2D eigenvalue weighted by Crippen LogP contribution is -2.25. The molecule has 25 heavy (non-hydrogen) atoms. The van der Waals surface area contributed by atoms with Crippen molar-refractivity contribution in [2.75, 3.05) is 13.1 Å². The average molecular weight is 337 g/mol. The maximum atomic E-state index is 12.8. The second-order valence-corrected chi connectivity index (χ2v) is 6.08. The number of rotatable bonds is 6. The van der Waals surface area contributed by atoms with Crippen LogP contribution >= 0.6 is 0 Å². The van der Waals surface area contributed by atoms with Crippen molar-refractivity contribution in [3.8, 4) is 11.3 Å². The van der Waals surface area contributed by atoms with Crippen molar-refractivity contribution in [2.24, 2.45) is 12.8 Å². The van der Waals surface area contributed by atoms with Gasteiger partial charge in [0.25, 0.3) is 5.91 Å². The molecule has 0 unspecified atom stereocenters. The third kappa shape index (κ3) is 3.53. The smallest absolute Gasteiger partial charge is 0.252 e. The molecule has 3 N–H and O–H groups in total. The zero-order valence-corrected chi connectivity index (χ0v) is 14.6. The number of hydrogen-bond donors (Lipinski definition) is 2. The lowest BCUT2D eigenvalue weighted by atomic mass is 10.0. The van der Waals surface area contributed by atoms with Crippen LogP contribution < -0.4 is 11.1 Å². The number of fused-ring (bicyclic) bond motifs is 1. The van der Waals surface area contributed by atoms with Crippen molar-refractivity contribution in [3.63, 3.8) is 0 Å². The maximum Gasteiger partial charge on any atom is 0.252 e. The maximum absolute atomic E-state index is 12.8. The van der Waals surface area contributed by atoms with E-state index in [1.807, 2.05) is 50.4 Å². The van der Waals surface area contributed by atoms with Crippen molar-refractivity contribution in [3.05, 3.63) is 47.7 Å². The Morgan fingerprint density at radius 1 is 1.24 bits per heavy atom. The van der Waals surface area contributed by atoms with Crippen LogP contribution in [-0.2, 0) is 7.05 Å². The molecule has 6 heteroatoms. The summed E-state index contributed by atoms with van der Waals surface area (Å²) in [7, 11) is 1.85. The Labute approximate surface area is 147 Å². The van der Waals surface area contributed by atoms with Gasteiger partial charge < -0.3 is 11.1 Å². The molecular weight excluding hydrogens is 314 g/mol. The van der Waals surface area contributed by atoms with E-state index in [1.165, 1.54) is 0 Å². The number of aryl methyl sites for hydroxylation is 2. The van der Waals surface area contributed by atoms with Gasteiger partial charge in [-0.05, 0) is 32.4 Å². The van der Waals surface area contributed by atoms with Crippen molar-refractivity contribution in [1.82, 2.24) is 20.1 Å². The van der Waals surface area contributed by atoms with Gasteiger partial charge in [0.05, 0.1) is 22.3 Å². The van der Waals surface area contributed by atoms with Gasteiger partial charge in [0, 0.05) is 19.2 Å². The molecule has 0 saturated carbocycles. The quantitative estimate of drug-likeness (QED) is 0.676. The Morgan fingerprint density at radius 2 is 2.00 bits per heavy atom. The second kappa shape index (κ2) is 7.44. The lowest BCUT2D eigenvalue weighted by Gasteiger charge is -2.09. The molecule has 0 aliphatic carbocycles. The van der Waals surface area contributed by atoms with E-state index >= 15 is 0 Å². The van der Waals surface area contributed by atoms with E-state index < -0.39 is 0 Å². The van der Waals surface area contributed by atoms with Crippen molar-refractivity contribution in [2.45, 2.75) is 19.8 Å². The van der Waals surface area contributed by atoms with E-state index in [2.05, 4.69) is 10.4 Å². The fourth-order valence-electron chi connectivity index (χ4n) is 2.95. The fraction of sp³-hybridized carbons (Fsp3) is 0.316. The molecule has 0 saturated heterocycles. The van der Waals surface area contributed by atoms with Crippen LogP contribution in [0.5, 0.6) is 0 Å². The monoisotopic (exact) mass is 337 g/mol. The molecule has 0 atom stereocenters. The number of aromatic nitrogens is 3. The summed E-state index contributed by atoms with van der Waals surface area (Å²) >= 11 is 0. The Balaban J connectivity index is 2.04. The Hall–Kier alpha value is -2.73. The topological polar surface area (TPSA) is 85.8 Å². The highest BCUT2D eigenvalue weighted by Crippen LogP contribution is 2.26. The Bertz CT molecular complexity index is 886. The number of nitrogens with two attached hydrogens (primary N) is 1. The Kier molecular flexibility index (Phi) is 5.09. The van der Waals surface area contributed by atoms with Gasteiger partial charge >= 0.3 is 0 Å². The molecule has 3 rings (SSSR count). The summed E-state index contributed by atoms with van der Waals surface area (Å²) in [4.78, 5) is 17.5. The van der Waals surface area contributed by atoms with Gasteiger partial charge in [-0.15, -0.1) is 0 Å².